The molecule has 1 fully saturated rings. The van der Waals surface area contributed by atoms with E-state index in [1.54, 1.807) is 37.4 Å². The molecule has 3 aliphatic rings. The van der Waals surface area contributed by atoms with Gasteiger partial charge in [-0.1, -0.05) is 42.1 Å². The van der Waals surface area contributed by atoms with Gasteiger partial charge in [0.25, 0.3) is 0 Å². The van der Waals surface area contributed by atoms with Gasteiger partial charge in [0, 0.05) is 42.2 Å². The molecule has 206 valence electrons. The van der Waals surface area contributed by atoms with Gasteiger partial charge in [0.2, 0.25) is 11.8 Å². The minimum absolute atomic E-state index is 0.0384. The molecule has 0 spiro atoms. The number of methoxy groups -OCH3 is 1. The van der Waals surface area contributed by atoms with Crippen molar-refractivity contribution >= 4 is 34.8 Å². The summed E-state index contributed by atoms with van der Waals surface area (Å²) in [5.74, 6) is 0.671. The first-order valence-electron chi connectivity index (χ1n) is 12.9. The number of rotatable bonds is 7. The largest absolute Gasteiger partial charge is 0.480 e. The highest BCUT2D eigenvalue weighted by Gasteiger charge is 2.52. The third kappa shape index (κ3) is 5.24. The van der Waals surface area contributed by atoms with Crippen LogP contribution in [0.1, 0.15) is 11.1 Å². The maximum Gasteiger partial charge on any atom is 0.229 e. The lowest BCUT2D eigenvalue weighted by molar-refractivity contribution is 0.286. The number of ether oxygens (including phenoxy) is 1. The molecule has 12 heteroatoms. The third-order valence-electron chi connectivity index (χ3n) is 7.21. The fourth-order valence-electron chi connectivity index (χ4n) is 5.23. The summed E-state index contributed by atoms with van der Waals surface area (Å²) in [7, 11) is 1.56. The van der Waals surface area contributed by atoms with Crippen molar-refractivity contribution < 1.29 is 13.5 Å². The normalized spacial score (nSPS) is 22.0. The fraction of sp³-hybridized carbons (Fsp3) is 0.286. The Morgan fingerprint density at radius 2 is 1.95 bits per heavy atom. The number of thioether (sulfide) groups is 1. The first-order chi connectivity index (χ1) is 19.5. The van der Waals surface area contributed by atoms with Crippen molar-refractivity contribution in [1.29, 1.82) is 0 Å². The van der Waals surface area contributed by atoms with Crippen LogP contribution < -0.4 is 20.7 Å². The number of nitrogens with one attached hydrogen (secondary N) is 2. The molecule has 0 saturated carbocycles. The number of nitrogens with zero attached hydrogens (tertiary/aromatic N) is 6. The molecule has 4 heterocycles. The van der Waals surface area contributed by atoms with Gasteiger partial charge in [0.1, 0.15) is 11.4 Å². The molecule has 0 radical (unpaired) electrons. The number of aromatic nitrogens is 2. The molecule has 0 unspecified atom stereocenters. The Morgan fingerprint density at radius 1 is 1.12 bits per heavy atom. The van der Waals surface area contributed by atoms with Crippen LogP contribution in [0.25, 0.3) is 0 Å². The van der Waals surface area contributed by atoms with E-state index < -0.39 is 11.4 Å². The number of hydrogen-bond acceptors (Lipinski definition) is 10. The van der Waals surface area contributed by atoms with E-state index in [1.165, 1.54) is 6.07 Å². The molecule has 0 aliphatic carbocycles. The Hall–Kier alpha value is -4.03. The SMILES string of the molecule is COC1=CN(c2ccc(F)c([C@]34CN(c5ncc(F)cn5)C[C@H]3CSC(NNCc3ccccc3)=N4)c2)CC=N1. The Balaban J connectivity index is 1.35. The molecule has 3 aromatic rings. The summed E-state index contributed by atoms with van der Waals surface area (Å²) in [6.07, 6.45) is 5.84. The second-order valence-electron chi connectivity index (χ2n) is 9.69. The van der Waals surface area contributed by atoms with E-state index >= 15 is 4.39 Å². The van der Waals surface area contributed by atoms with Crippen molar-refractivity contribution in [3.05, 3.63) is 95.8 Å². The van der Waals surface area contributed by atoms with Crippen molar-refractivity contribution in [1.82, 2.24) is 20.8 Å². The Morgan fingerprint density at radius 3 is 2.75 bits per heavy atom. The van der Waals surface area contributed by atoms with Crippen molar-refractivity contribution in [2.75, 3.05) is 42.3 Å². The average Bonchev–Trinajstić information content (AvgIpc) is 3.38. The maximum atomic E-state index is 15.8. The van der Waals surface area contributed by atoms with Gasteiger partial charge in [-0.25, -0.2) is 34.2 Å². The summed E-state index contributed by atoms with van der Waals surface area (Å²) in [5, 5.41) is 0.672. The van der Waals surface area contributed by atoms with Crippen LogP contribution in [0.3, 0.4) is 0 Å². The lowest BCUT2D eigenvalue weighted by Crippen LogP contribution is -2.45. The highest BCUT2D eigenvalue weighted by Crippen LogP contribution is 2.47. The Bertz CT molecular complexity index is 1450. The highest BCUT2D eigenvalue weighted by atomic mass is 32.2. The van der Waals surface area contributed by atoms with E-state index in [9.17, 15) is 4.39 Å². The van der Waals surface area contributed by atoms with Crippen LogP contribution in [0.4, 0.5) is 20.4 Å². The summed E-state index contributed by atoms with van der Waals surface area (Å²) in [6.45, 7) is 2.02. The molecule has 9 nitrogen and oxygen atoms in total. The standard InChI is InChI=1S/C28H28F2N8OS/c1-39-25-16-37(10-9-31-25)22-7-8-24(30)23(11-22)28-18-38(26-32-13-21(29)14-33-26)15-20(28)17-40-27(35-28)36-34-12-19-5-3-2-4-6-19/h2-9,11,13-14,16,20,34H,10,12,15,17-18H2,1H3,(H,35,36)/t20-,28-/m0/s1. The minimum Gasteiger partial charge on any atom is -0.480 e. The van der Waals surface area contributed by atoms with Crippen LogP contribution in [0.5, 0.6) is 0 Å². The zero-order valence-corrected chi connectivity index (χ0v) is 22.6. The molecule has 2 N–H and O–H groups in total. The van der Waals surface area contributed by atoms with E-state index in [0.29, 0.717) is 54.5 Å². The molecule has 2 aromatic carbocycles. The molecular formula is C28H28F2N8OS. The monoisotopic (exact) mass is 562 g/mol. The number of hydrogen-bond donors (Lipinski definition) is 2. The van der Waals surface area contributed by atoms with Crippen LogP contribution in [-0.4, -0.2) is 53.8 Å². The second kappa shape index (κ2) is 11.2. The van der Waals surface area contributed by atoms with Crippen LogP contribution >= 0.6 is 11.8 Å². The lowest BCUT2D eigenvalue weighted by atomic mass is 9.81. The van der Waals surface area contributed by atoms with Gasteiger partial charge in [0.05, 0.1) is 38.8 Å². The molecule has 2 atom stereocenters. The second-order valence-corrected chi connectivity index (χ2v) is 10.7. The summed E-state index contributed by atoms with van der Waals surface area (Å²) in [6, 6.07) is 15.1. The average molecular weight is 563 g/mol. The molecular weight excluding hydrogens is 534 g/mol. The smallest absolute Gasteiger partial charge is 0.229 e. The predicted molar refractivity (Wildman–Crippen MR) is 153 cm³/mol. The zero-order chi connectivity index (χ0) is 27.5. The van der Waals surface area contributed by atoms with Crippen molar-refractivity contribution in [3.63, 3.8) is 0 Å². The van der Waals surface area contributed by atoms with Gasteiger partial charge < -0.3 is 20.0 Å². The predicted octanol–water partition coefficient (Wildman–Crippen LogP) is 3.82. The molecule has 1 saturated heterocycles. The van der Waals surface area contributed by atoms with Gasteiger partial charge in [-0.2, -0.15) is 0 Å². The molecule has 40 heavy (non-hydrogen) atoms. The van der Waals surface area contributed by atoms with Crippen LogP contribution in [0, 0.1) is 17.6 Å². The number of benzene rings is 2. The van der Waals surface area contributed by atoms with Crippen molar-refractivity contribution in [3.8, 4) is 0 Å². The first kappa shape index (κ1) is 26.2. The Labute approximate surface area is 235 Å². The molecule has 6 rings (SSSR count). The number of anilines is 2. The number of hydrazine groups is 1. The fourth-order valence-corrected chi connectivity index (χ4v) is 6.34. The van der Waals surface area contributed by atoms with Crippen molar-refractivity contribution in [2.24, 2.45) is 15.9 Å². The third-order valence-corrected chi connectivity index (χ3v) is 8.25. The van der Waals surface area contributed by atoms with E-state index in [4.69, 9.17) is 9.73 Å². The lowest BCUT2D eigenvalue weighted by Gasteiger charge is -2.36. The number of amidine groups is 1. The summed E-state index contributed by atoms with van der Waals surface area (Å²) in [5.41, 5.74) is 7.96. The van der Waals surface area contributed by atoms with Gasteiger partial charge in [-0.15, -0.1) is 0 Å². The van der Waals surface area contributed by atoms with Gasteiger partial charge in [0.15, 0.2) is 11.0 Å². The van der Waals surface area contributed by atoms with Gasteiger partial charge >= 0.3 is 0 Å². The topological polar surface area (TPSA) is 90.3 Å². The molecule has 3 aliphatic heterocycles. The number of fused-ring (bicyclic) bond motifs is 1. The summed E-state index contributed by atoms with van der Waals surface area (Å²) >= 11 is 1.58. The maximum absolute atomic E-state index is 15.8. The van der Waals surface area contributed by atoms with E-state index in [1.807, 2.05) is 46.2 Å². The van der Waals surface area contributed by atoms with Crippen LogP contribution in [-0.2, 0) is 16.8 Å². The van der Waals surface area contributed by atoms with Crippen LogP contribution in [0.15, 0.2) is 83.0 Å². The minimum atomic E-state index is -0.919. The first-order valence-corrected chi connectivity index (χ1v) is 13.9. The quantitative estimate of drug-likeness (QED) is 0.420. The Kier molecular flexibility index (Phi) is 7.35. The zero-order valence-electron chi connectivity index (χ0n) is 21.8. The summed E-state index contributed by atoms with van der Waals surface area (Å²) in [4.78, 5) is 21.7. The molecule has 1 aromatic heterocycles. The van der Waals surface area contributed by atoms with E-state index in [2.05, 4.69) is 25.8 Å². The number of aliphatic imine (C=N–C) groups is 2. The highest BCUT2D eigenvalue weighted by molar-refractivity contribution is 8.13. The van der Waals surface area contributed by atoms with E-state index in [-0.39, 0.29) is 11.7 Å². The number of halogens is 2. The van der Waals surface area contributed by atoms with Crippen LogP contribution in [0.2, 0.25) is 0 Å². The molecule has 0 amide bonds. The summed E-state index contributed by atoms with van der Waals surface area (Å²) < 4.78 is 34.6. The molecule has 0 bridgehead atoms. The van der Waals surface area contributed by atoms with Crippen molar-refractivity contribution in [2.45, 2.75) is 12.1 Å². The van der Waals surface area contributed by atoms with Gasteiger partial charge in [-0.3, -0.25) is 0 Å². The van der Waals surface area contributed by atoms with Gasteiger partial charge in [-0.05, 0) is 23.8 Å². The van der Waals surface area contributed by atoms with E-state index in [0.717, 1.165) is 23.6 Å².